The maximum absolute atomic E-state index is 13.5. The summed E-state index contributed by atoms with van der Waals surface area (Å²) in [6.45, 7) is 0.252. The smallest absolute Gasteiger partial charge is 0.258 e. The first-order valence-corrected chi connectivity index (χ1v) is 5.66. The zero-order chi connectivity index (χ0) is 13.8. The van der Waals surface area contributed by atoms with E-state index in [1.54, 1.807) is 24.3 Å². The van der Waals surface area contributed by atoms with E-state index in [2.05, 4.69) is 5.32 Å². The molecule has 5 heteroatoms. The Morgan fingerprint density at radius 2 is 1.89 bits per heavy atom. The number of carbonyl (C=O) groups is 1. The predicted molar refractivity (Wildman–Crippen MR) is 68.6 cm³/mol. The highest BCUT2D eigenvalue weighted by atomic mass is 19.1. The fourth-order valence-electron chi connectivity index (χ4n) is 1.68. The minimum atomic E-state index is -0.900. The Labute approximate surface area is 109 Å². The Hall–Kier alpha value is -2.27. The van der Waals surface area contributed by atoms with Crippen molar-refractivity contribution >= 4 is 11.6 Å². The Kier molecular flexibility index (Phi) is 3.87. The summed E-state index contributed by atoms with van der Waals surface area (Å²) in [6, 6.07) is 9.76. The molecule has 3 N–H and O–H groups in total. The molecule has 0 aliphatic heterocycles. The van der Waals surface area contributed by atoms with Crippen LogP contribution in [0.4, 0.5) is 14.5 Å². The minimum Gasteiger partial charge on any atom is -0.326 e. The number of halogens is 2. The van der Waals surface area contributed by atoms with Crippen molar-refractivity contribution in [2.24, 2.45) is 5.73 Å². The summed E-state index contributed by atoms with van der Waals surface area (Å²) in [6.07, 6.45) is 0. The zero-order valence-electron chi connectivity index (χ0n) is 9.99. The van der Waals surface area contributed by atoms with E-state index < -0.39 is 17.5 Å². The van der Waals surface area contributed by atoms with Crippen molar-refractivity contribution in [3.05, 3.63) is 65.2 Å². The molecule has 19 heavy (non-hydrogen) atoms. The molecule has 0 fully saturated rings. The van der Waals surface area contributed by atoms with Crippen LogP contribution >= 0.6 is 0 Å². The van der Waals surface area contributed by atoms with E-state index in [1.165, 1.54) is 0 Å². The molecule has 2 rings (SSSR count). The van der Waals surface area contributed by atoms with E-state index in [-0.39, 0.29) is 12.1 Å². The summed E-state index contributed by atoms with van der Waals surface area (Å²) < 4.78 is 26.2. The second kappa shape index (κ2) is 5.58. The topological polar surface area (TPSA) is 55.1 Å². The van der Waals surface area contributed by atoms with Gasteiger partial charge in [-0.3, -0.25) is 4.79 Å². The number of nitrogens with two attached hydrogens (primary N) is 1. The Morgan fingerprint density at radius 1 is 1.16 bits per heavy atom. The van der Waals surface area contributed by atoms with Gasteiger partial charge in [0.2, 0.25) is 0 Å². The summed E-state index contributed by atoms with van der Waals surface area (Å²) in [5.41, 5.74) is 6.57. The molecule has 0 aromatic heterocycles. The van der Waals surface area contributed by atoms with Gasteiger partial charge in [-0.2, -0.15) is 0 Å². The first-order valence-electron chi connectivity index (χ1n) is 5.66. The summed E-state index contributed by atoms with van der Waals surface area (Å²) in [5, 5.41) is 2.56. The van der Waals surface area contributed by atoms with E-state index in [1.807, 2.05) is 0 Å². The Balaban J connectivity index is 2.26. The molecular weight excluding hydrogens is 250 g/mol. The molecule has 3 nitrogen and oxygen atoms in total. The van der Waals surface area contributed by atoms with Crippen molar-refractivity contribution in [3.8, 4) is 0 Å². The molecule has 0 heterocycles. The highest BCUT2D eigenvalue weighted by Gasteiger charge is 2.13. The van der Waals surface area contributed by atoms with E-state index >= 15 is 0 Å². The van der Waals surface area contributed by atoms with Crippen molar-refractivity contribution in [2.45, 2.75) is 6.54 Å². The van der Waals surface area contributed by atoms with Gasteiger partial charge in [0.1, 0.15) is 11.6 Å². The van der Waals surface area contributed by atoms with Crippen molar-refractivity contribution < 1.29 is 13.6 Å². The van der Waals surface area contributed by atoms with Gasteiger partial charge < -0.3 is 11.1 Å². The largest absolute Gasteiger partial charge is 0.326 e. The third kappa shape index (κ3) is 2.95. The monoisotopic (exact) mass is 262 g/mol. The van der Waals surface area contributed by atoms with Gasteiger partial charge in [0.05, 0.1) is 5.56 Å². The van der Waals surface area contributed by atoms with Gasteiger partial charge in [-0.25, -0.2) is 8.78 Å². The molecule has 0 radical (unpaired) electrons. The van der Waals surface area contributed by atoms with Crippen LogP contribution in [0.2, 0.25) is 0 Å². The van der Waals surface area contributed by atoms with Crippen LogP contribution in [0.5, 0.6) is 0 Å². The molecule has 0 aliphatic carbocycles. The van der Waals surface area contributed by atoms with Crippen LogP contribution in [0.1, 0.15) is 15.9 Å². The standard InChI is InChI=1S/C14H12F2N2O/c15-10-5-6-11(12(16)7-10)14(19)18-13-4-2-1-3-9(13)8-17/h1-7H,8,17H2,(H,18,19). The maximum atomic E-state index is 13.5. The van der Waals surface area contributed by atoms with Crippen LogP contribution in [-0.2, 0) is 6.54 Å². The number of carbonyl (C=O) groups excluding carboxylic acids is 1. The maximum Gasteiger partial charge on any atom is 0.258 e. The van der Waals surface area contributed by atoms with Crippen molar-refractivity contribution in [1.82, 2.24) is 0 Å². The van der Waals surface area contributed by atoms with Gasteiger partial charge in [0.25, 0.3) is 5.91 Å². The molecule has 2 aromatic carbocycles. The number of nitrogens with one attached hydrogen (secondary N) is 1. The third-order valence-corrected chi connectivity index (χ3v) is 2.66. The molecule has 98 valence electrons. The van der Waals surface area contributed by atoms with Crippen molar-refractivity contribution in [1.29, 1.82) is 0 Å². The Morgan fingerprint density at radius 3 is 2.58 bits per heavy atom. The molecule has 0 unspecified atom stereocenters. The summed E-state index contributed by atoms with van der Waals surface area (Å²) in [7, 11) is 0. The van der Waals surface area contributed by atoms with E-state index in [9.17, 15) is 13.6 Å². The lowest BCUT2D eigenvalue weighted by atomic mass is 10.1. The van der Waals surface area contributed by atoms with Crippen LogP contribution in [-0.4, -0.2) is 5.91 Å². The van der Waals surface area contributed by atoms with Crippen LogP contribution in [0, 0.1) is 11.6 Å². The lowest BCUT2D eigenvalue weighted by Crippen LogP contribution is -2.15. The first kappa shape index (κ1) is 13.2. The van der Waals surface area contributed by atoms with E-state index in [0.717, 1.165) is 17.7 Å². The number of anilines is 1. The summed E-state index contributed by atoms with van der Waals surface area (Å²) in [5.74, 6) is -2.27. The molecule has 2 aromatic rings. The van der Waals surface area contributed by atoms with Gasteiger partial charge in [0, 0.05) is 18.3 Å². The van der Waals surface area contributed by atoms with Crippen LogP contribution in [0.15, 0.2) is 42.5 Å². The van der Waals surface area contributed by atoms with Crippen molar-refractivity contribution in [3.63, 3.8) is 0 Å². The second-order valence-electron chi connectivity index (χ2n) is 3.94. The lowest BCUT2D eigenvalue weighted by molar-refractivity contribution is 0.102. The molecule has 0 saturated heterocycles. The lowest BCUT2D eigenvalue weighted by Gasteiger charge is -2.10. The number of hydrogen-bond donors (Lipinski definition) is 2. The molecule has 0 bridgehead atoms. The first-order chi connectivity index (χ1) is 9.11. The summed E-state index contributed by atoms with van der Waals surface area (Å²) in [4.78, 5) is 11.9. The van der Waals surface area contributed by atoms with Gasteiger partial charge in [-0.05, 0) is 23.8 Å². The predicted octanol–water partition coefficient (Wildman–Crippen LogP) is 2.68. The van der Waals surface area contributed by atoms with Crippen LogP contribution < -0.4 is 11.1 Å². The highest BCUT2D eigenvalue weighted by molar-refractivity contribution is 6.04. The SMILES string of the molecule is NCc1ccccc1NC(=O)c1ccc(F)cc1F. The quantitative estimate of drug-likeness (QED) is 0.893. The number of para-hydroxylation sites is 1. The number of amides is 1. The third-order valence-electron chi connectivity index (χ3n) is 2.66. The van der Waals surface area contributed by atoms with Crippen molar-refractivity contribution in [2.75, 3.05) is 5.32 Å². The fraction of sp³-hybridized carbons (Fsp3) is 0.0714. The molecular formula is C14H12F2N2O. The van der Waals surface area contributed by atoms with Gasteiger partial charge >= 0.3 is 0 Å². The second-order valence-corrected chi connectivity index (χ2v) is 3.94. The molecule has 1 amide bonds. The minimum absolute atomic E-state index is 0.215. The van der Waals surface area contributed by atoms with E-state index in [0.29, 0.717) is 11.8 Å². The van der Waals surface area contributed by atoms with Crippen LogP contribution in [0.25, 0.3) is 0 Å². The molecule has 0 spiro atoms. The molecule has 0 saturated carbocycles. The number of hydrogen-bond acceptors (Lipinski definition) is 2. The molecule has 0 aliphatic rings. The highest BCUT2D eigenvalue weighted by Crippen LogP contribution is 2.17. The van der Waals surface area contributed by atoms with Crippen LogP contribution in [0.3, 0.4) is 0 Å². The average molecular weight is 262 g/mol. The Bertz CT molecular complexity index is 614. The van der Waals surface area contributed by atoms with Gasteiger partial charge in [-0.1, -0.05) is 18.2 Å². The summed E-state index contributed by atoms with van der Waals surface area (Å²) >= 11 is 0. The van der Waals surface area contributed by atoms with Gasteiger partial charge in [0.15, 0.2) is 0 Å². The number of rotatable bonds is 3. The van der Waals surface area contributed by atoms with Gasteiger partial charge in [-0.15, -0.1) is 0 Å². The number of benzene rings is 2. The molecule has 0 atom stereocenters. The zero-order valence-corrected chi connectivity index (χ0v) is 9.99. The average Bonchev–Trinajstić information content (AvgIpc) is 2.39. The normalized spacial score (nSPS) is 10.3. The fourth-order valence-corrected chi connectivity index (χ4v) is 1.68. The van der Waals surface area contributed by atoms with E-state index in [4.69, 9.17) is 5.73 Å².